The topological polar surface area (TPSA) is 73.1 Å². The maximum Gasteiger partial charge on any atom is 0.242 e. The second kappa shape index (κ2) is 5.88. The van der Waals surface area contributed by atoms with Gasteiger partial charge in [0.1, 0.15) is 12.0 Å². The van der Waals surface area contributed by atoms with E-state index in [1.54, 1.807) is 0 Å². The minimum Gasteiger partial charge on any atom is -0.476 e. The summed E-state index contributed by atoms with van der Waals surface area (Å²) in [7, 11) is 0. The van der Waals surface area contributed by atoms with Gasteiger partial charge >= 0.3 is 0 Å². The first kappa shape index (κ1) is 13.6. The Kier molecular flexibility index (Phi) is 4.21. The third-order valence-electron chi connectivity index (χ3n) is 2.57. The Bertz CT molecular complexity index is 589. The fraction of sp³-hybridized carbons (Fsp3) is 0.231. The molecule has 2 rings (SSSR count). The van der Waals surface area contributed by atoms with Crippen LogP contribution in [0.25, 0.3) is 0 Å². The van der Waals surface area contributed by atoms with Crippen LogP contribution < -0.4 is 15.8 Å². The zero-order valence-electron chi connectivity index (χ0n) is 10.8. The molecule has 0 unspecified atom stereocenters. The average molecular weight is 323 g/mol. The summed E-state index contributed by atoms with van der Waals surface area (Å²) in [6.45, 7) is 4.40. The molecule has 0 atom stereocenters. The van der Waals surface area contributed by atoms with Crippen molar-refractivity contribution in [2.24, 2.45) is 0 Å². The molecule has 1 aromatic heterocycles. The van der Waals surface area contributed by atoms with Gasteiger partial charge in [0.15, 0.2) is 5.82 Å². The maximum atomic E-state index is 5.98. The van der Waals surface area contributed by atoms with Crippen molar-refractivity contribution in [3.05, 3.63) is 34.6 Å². The summed E-state index contributed by atoms with van der Waals surface area (Å²) in [5.41, 5.74) is 8.41. The van der Waals surface area contributed by atoms with Crippen LogP contribution in [-0.4, -0.2) is 16.6 Å². The molecule has 0 saturated carbocycles. The molecule has 100 valence electrons. The van der Waals surface area contributed by atoms with Crippen LogP contribution >= 0.6 is 15.9 Å². The molecule has 0 spiro atoms. The SMILES string of the molecule is CCOc1ncnc(Nc2ccc(Br)cc2C)c1N. The van der Waals surface area contributed by atoms with Gasteiger partial charge in [-0.05, 0) is 37.6 Å². The van der Waals surface area contributed by atoms with Gasteiger partial charge in [-0.15, -0.1) is 0 Å². The molecule has 0 fully saturated rings. The van der Waals surface area contributed by atoms with Crippen LogP contribution in [0.2, 0.25) is 0 Å². The number of hydrogen-bond donors (Lipinski definition) is 2. The summed E-state index contributed by atoms with van der Waals surface area (Å²) in [5, 5.41) is 3.19. The Morgan fingerprint density at radius 1 is 1.37 bits per heavy atom. The van der Waals surface area contributed by atoms with Crippen LogP contribution in [0.15, 0.2) is 29.0 Å². The molecule has 19 heavy (non-hydrogen) atoms. The van der Waals surface area contributed by atoms with Gasteiger partial charge in [-0.25, -0.2) is 4.98 Å². The number of hydrogen-bond acceptors (Lipinski definition) is 5. The normalized spacial score (nSPS) is 10.3. The van der Waals surface area contributed by atoms with Crippen molar-refractivity contribution in [1.82, 2.24) is 9.97 Å². The highest BCUT2D eigenvalue weighted by atomic mass is 79.9. The largest absolute Gasteiger partial charge is 0.476 e. The van der Waals surface area contributed by atoms with Crippen LogP contribution in [-0.2, 0) is 0 Å². The first-order chi connectivity index (χ1) is 9.11. The Balaban J connectivity index is 2.30. The average Bonchev–Trinajstić information content (AvgIpc) is 2.37. The van der Waals surface area contributed by atoms with Gasteiger partial charge in [-0.1, -0.05) is 15.9 Å². The minimum atomic E-state index is 0.398. The summed E-state index contributed by atoms with van der Waals surface area (Å²) in [4.78, 5) is 8.14. The summed E-state index contributed by atoms with van der Waals surface area (Å²) >= 11 is 3.43. The van der Waals surface area contributed by atoms with Crippen molar-refractivity contribution in [2.75, 3.05) is 17.7 Å². The van der Waals surface area contributed by atoms with Gasteiger partial charge in [-0.3, -0.25) is 0 Å². The number of nitrogen functional groups attached to an aromatic ring is 1. The maximum absolute atomic E-state index is 5.98. The number of nitrogens with two attached hydrogens (primary N) is 1. The summed E-state index contributed by atoms with van der Waals surface area (Å²) in [6, 6.07) is 5.93. The van der Waals surface area contributed by atoms with Gasteiger partial charge < -0.3 is 15.8 Å². The molecule has 2 aromatic rings. The summed E-state index contributed by atoms with van der Waals surface area (Å²) < 4.78 is 6.37. The Morgan fingerprint density at radius 3 is 2.84 bits per heavy atom. The lowest BCUT2D eigenvalue weighted by atomic mass is 10.2. The molecule has 0 aliphatic carbocycles. The van der Waals surface area contributed by atoms with E-state index in [4.69, 9.17) is 10.5 Å². The molecule has 5 nitrogen and oxygen atoms in total. The fourth-order valence-electron chi connectivity index (χ4n) is 1.63. The highest BCUT2D eigenvalue weighted by molar-refractivity contribution is 9.10. The van der Waals surface area contributed by atoms with Crippen molar-refractivity contribution in [1.29, 1.82) is 0 Å². The number of aryl methyl sites for hydroxylation is 1. The number of benzene rings is 1. The minimum absolute atomic E-state index is 0.398. The van der Waals surface area contributed by atoms with Gasteiger partial charge in [-0.2, -0.15) is 4.98 Å². The molecule has 1 aromatic carbocycles. The molecular weight excluding hydrogens is 308 g/mol. The molecule has 0 radical (unpaired) electrons. The number of nitrogens with zero attached hydrogens (tertiary/aromatic N) is 2. The zero-order chi connectivity index (χ0) is 13.8. The highest BCUT2D eigenvalue weighted by Gasteiger charge is 2.10. The lowest BCUT2D eigenvalue weighted by molar-refractivity contribution is 0.328. The number of anilines is 3. The van der Waals surface area contributed by atoms with Crippen LogP contribution in [0, 0.1) is 6.92 Å². The van der Waals surface area contributed by atoms with Gasteiger partial charge in [0.25, 0.3) is 0 Å². The molecule has 0 aliphatic rings. The Hall–Kier alpha value is -1.82. The quantitative estimate of drug-likeness (QED) is 0.903. The highest BCUT2D eigenvalue weighted by Crippen LogP contribution is 2.29. The molecular formula is C13H15BrN4O. The number of nitrogens with one attached hydrogen (secondary N) is 1. The van der Waals surface area contributed by atoms with E-state index in [1.165, 1.54) is 6.33 Å². The van der Waals surface area contributed by atoms with Crippen molar-refractivity contribution in [2.45, 2.75) is 13.8 Å². The molecule has 1 heterocycles. The summed E-state index contributed by atoms with van der Waals surface area (Å²) in [5.74, 6) is 0.943. The lowest BCUT2D eigenvalue weighted by Gasteiger charge is -2.12. The zero-order valence-corrected chi connectivity index (χ0v) is 12.4. The fourth-order valence-corrected chi connectivity index (χ4v) is 2.10. The predicted octanol–water partition coefficient (Wildman–Crippen LogP) is 3.27. The Morgan fingerprint density at radius 2 is 2.16 bits per heavy atom. The first-order valence-corrected chi connectivity index (χ1v) is 6.67. The van der Waals surface area contributed by atoms with Crippen molar-refractivity contribution in [3.8, 4) is 5.88 Å². The van der Waals surface area contributed by atoms with E-state index in [-0.39, 0.29) is 0 Å². The number of aromatic nitrogens is 2. The Labute approximate surface area is 120 Å². The molecule has 3 N–H and O–H groups in total. The lowest BCUT2D eigenvalue weighted by Crippen LogP contribution is -2.05. The monoisotopic (exact) mass is 322 g/mol. The molecule has 6 heteroatoms. The van der Waals surface area contributed by atoms with Gasteiger partial charge in [0.2, 0.25) is 5.88 Å². The second-order valence-electron chi connectivity index (χ2n) is 3.96. The third kappa shape index (κ3) is 3.14. The molecule has 0 saturated heterocycles. The van der Waals surface area contributed by atoms with Crippen molar-refractivity contribution < 1.29 is 4.74 Å². The van der Waals surface area contributed by atoms with Crippen LogP contribution in [0.1, 0.15) is 12.5 Å². The number of rotatable bonds is 4. The van der Waals surface area contributed by atoms with Gasteiger partial charge in [0.05, 0.1) is 6.61 Å². The van der Waals surface area contributed by atoms with E-state index in [2.05, 4.69) is 31.2 Å². The van der Waals surface area contributed by atoms with Crippen molar-refractivity contribution >= 4 is 33.1 Å². The third-order valence-corrected chi connectivity index (χ3v) is 3.06. The molecule has 0 bridgehead atoms. The second-order valence-corrected chi connectivity index (χ2v) is 4.87. The van der Waals surface area contributed by atoms with Crippen LogP contribution in [0.5, 0.6) is 5.88 Å². The number of ether oxygens (including phenoxy) is 1. The molecule has 0 aliphatic heterocycles. The van der Waals surface area contributed by atoms with Gasteiger partial charge in [0, 0.05) is 10.2 Å². The standard InChI is InChI=1S/C13H15BrN4O/c1-3-19-13-11(15)12(16-7-17-13)18-10-5-4-9(14)6-8(10)2/h4-7H,3,15H2,1-2H3,(H,16,17,18). The van der Waals surface area contributed by atoms with E-state index in [9.17, 15) is 0 Å². The van der Waals surface area contributed by atoms with E-state index >= 15 is 0 Å². The van der Waals surface area contributed by atoms with Crippen LogP contribution in [0.4, 0.5) is 17.2 Å². The van der Waals surface area contributed by atoms with E-state index in [1.807, 2.05) is 32.0 Å². The van der Waals surface area contributed by atoms with Crippen LogP contribution in [0.3, 0.4) is 0 Å². The summed E-state index contributed by atoms with van der Waals surface area (Å²) in [6.07, 6.45) is 1.43. The smallest absolute Gasteiger partial charge is 0.242 e. The van der Waals surface area contributed by atoms with E-state index in [0.29, 0.717) is 24.0 Å². The predicted molar refractivity (Wildman–Crippen MR) is 79.8 cm³/mol. The molecule has 0 amide bonds. The van der Waals surface area contributed by atoms with E-state index in [0.717, 1.165) is 15.7 Å². The van der Waals surface area contributed by atoms with E-state index < -0.39 is 0 Å². The van der Waals surface area contributed by atoms with Crippen molar-refractivity contribution in [3.63, 3.8) is 0 Å². The number of halogens is 1. The first-order valence-electron chi connectivity index (χ1n) is 5.88.